The van der Waals surface area contributed by atoms with Crippen molar-refractivity contribution in [3.8, 4) is 0 Å². The molecule has 3 nitrogen and oxygen atoms in total. The number of nitrogens with zero attached hydrogens (tertiary/aromatic N) is 2. The Bertz CT molecular complexity index is 401. The van der Waals surface area contributed by atoms with Crippen molar-refractivity contribution in [1.29, 1.82) is 0 Å². The Morgan fingerprint density at radius 1 is 1.29 bits per heavy atom. The summed E-state index contributed by atoms with van der Waals surface area (Å²) in [5.41, 5.74) is 2.01. The molecule has 1 aliphatic heterocycles. The molecule has 0 spiro atoms. The molecule has 1 heterocycles. The minimum Gasteiger partial charge on any atom is -0.382 e. The van der Waals surface area contributed by atoms with Crippen molar-refractivity contribution >= 4 is 28.8 Å². The van der Waals surface area contributed by atoms with Gasteiger partial charge in [-0.25, -0.2) is 0 Å². The molecule has 1 aliphatic rings. The number of rotatable bonds is 3. The maximum absolute atomic E-state index is 4.57. The fraction of sp³-hybridized carbons (Fsp3) is 0.462. The molecule has 1 aromatic rings. The molecule has 1 fully saturated rings. The molecule has 0 saturated carbocycles. The quantitative estimate of drug-likeness (QED) is 0.657. The lowest BCUT2D eigenvalue weighted by molar-refractivity contribution is 0.264. The Labute approximate surface area is 108 Å². The van der Waals surface area contributed by atoms with E-state index in [1.54, 1.807) is 0 Å². The van der Waals surface area contributed by atoms with Crippen LogP contribution in [0.15, 0.2) is 29.3 Å². The lowest BCUT2D eigenvalue weighted by atomic mass is 10.1. The summed E-state index contributed by atoms with van der Waals surface area (Å²) in [5.74, 6) is 0. The van der Waals surface area contributed by atoms with E-state index in [4.69, 9.17) is 0 Å². The van der Waals surface area contributed by atoms with Crippen molar-refractivity contribution in [2.24, 2.45) is 4.99 Å². The first kappa shape index (κ1) is 12.2. The second-order valence-corrected chi connectivity index (χ2v) is 4.65. The second kappa shape index (κ2) is 5.92. The zero-order valence-electron chi connectivity index (χ0n) is 10.0. The smallest absolute Gasteiger partial charge is 0.0741 e. The van der Waals surface area contributed by atoms with E-state index in [0.29, 0.717) is 6.04 Å². The monoisotopic (exact) mass is 247 g/mol. The van der Waals surface area contributed by atoms with E-state index in [2.05, 4.69) is 39.6 Å². The predicted octanol–water partition coefficient (Wildman–Crippen LogP) is 2.93. The van der Waals surface area contributed by atoms with Gasteiger partial charge in [0.1, 0.15) is 0 Å². The highest BCUT2D eigenvalue weighted by Crippen LogP contribution is 2.19. The lowest BCUT2D eigenvalue weighted by Crippen LogP contribution is -2.36. The summed E-state index contributed by atoms with van der Waals surface area (Å²) in [6.45, 7) is 2.34. The number of isothiocyanates is 1. The van der Waals surface area contributed by atoms with Crippen molar-refractivity contribution in [3.63, 3.8) is 0 Å². The van der Waals surface area contributed by atoms with Gasteiger partial charge in [0.2, 0.25) is 0 Å². The first-order valence-electron chi connectivity index (χ1n) is 5.91. The van der Waals surface area contributed by atoms with Gasteiger partial charge in [0, 0.05) is 11.7 Å². The number of benzene rings is 1. The summed E-state index contributed by atoms with van der Waals surface area (Å²) in [5, 5.41) is 5.93. The molecular formula is C13H17N3S. The minimum absolute atomic E-state index is 0.589. The van der Waals surface area contributed by atoms with Crippen molar-refractivity contribution in [3.05, 3.63) is 24.3 Å². The number of hydrogen-bond donors (Lipinski definition) is 1. The Kier molecular flexibility index (Phi) is 4.26. The molecule has 17 heavy (non-hydrogen) atoms. The van der Waals surface area contributed by atoms with E-state index in [9.17, 15) is 0 Å². The molecule has 0 amide bonds. The molecule has 1 N–H and O–H groups in total. The normalized spacial score (nSPS) is 17.5. The van der Waals surface area contributed by atoms with Gasteiger partial charge in [-0.1, -0.05) is 0 Å². The van der Waals surface area contributed by atoms with Crippen LogP contribution in [0.5, 0.6) is 0 Å². The highest BCUT2D eigenvalue weighted by atomic mass is 32.1. The topological polar surface area (TPSA) is 27.6 Å². The molecule has 0 bridgehead atoms. The number of thiocarbonyl (C=S) groups is 1. The van der Waals surface area contributed by atoms with Crippen LogP contribution < -0.4 is 5.32 Å². The molecule has 0 radical (unpaired) electrons. The number of piperidine rings is 1. The first-order valence-corrected chi connectivity index (χ1v) is 6.32. The number of aliphatic imine (C=N–C) groups is 1. The highest BCUT2D eigenvalue weighted by Gasteiger charge is 2.15. The summed E-state index contributed by atoms with van der Waals surface area (Å²) in [6, 6.07) is 8.59. The van der Waals surface area contributed by atoms with Crippen LogP contribution in [0.2, 0.25) is 0 Å². The van der Waals surface area contributed by atoms with Crippen LogP contribution in [0, 0.1) is 0 Å². The molecule has 2 rings (SSSR count). The molecule has 0 unspecified atom stereocenters. The summed E-state index contributed by atoms with van der Waals surface area (Å²) < 4.78 is 0. The third-order valence-electron chi connectivity index (χ3n) is 3.13. The van der Waals surface area contributed by atoms with Gasteiger partial charge in [-0.15, -0.1) is 0 Å². The van der Waals surface area contributed by atoms with Gasteiger partial charge in [0.15, 0.2) is 0 Å². The van der Waals surface area contributed by atoms with E-state index in [0.717, 1.165) is 11.4 Å². The van der Waals surface area contributed by atoms with Gasteiger partial charge in [0.25, 0.3) is 0 Å². The molecule has 1 saturated heterocycles. The fourth-order valence-corrected chi connectivity index (χ4v) is 2.18. The molecule has 0 aromatic heterocycles. The molecule has 4 heteroatoms. The maximum Gasteiger partial charge on any atom is 0.0741 e. The molecule has 0 aliphatic carbocycles. The van der Waals surface area contributed by atoms with Crippen LogP contribution in [0.4, 0.5) is 11.4 Å². The van der Waals surface area contributed by atoms with Gasteiger partial charge < -0.3 is 10.2 Å². The SMILES string of the molecule is CN1CCC(Nc2ccc(N=C=S)cc2)CC1. The second-order valence-electron chi connectivity index (χ2n) is 4.47. The van der Waals surface area contributed by atoms with E-state index in [1.807, 2.05) is 24.3 Å². The van der Waals surface area contributed by atoms with Gasteiger partial charge in [-0.3, -0.25) is 0 Å². The van der Waals surface area contributed by atoms with Crippen molar-refractivity contribution in [1.82, 2.24) is 4.90 Å². The van der Waals surface area contributed by atoms with Gasteiger partial charge in [-0.2, -0.15) is 4.99 Å². The largest absolute Gasteiger partial charge is 0.382 e. The number of likely N-dealkylation sites (tertiary alicyclic amines) is 1. The number of hydrogen-bond acceptors (Lipinski definition) is 4. The van der Waals surface area contributed by atoms with Crippen molar-refractivity contribution in [2.75, 3.05) is 25.5 Å². The maximum atomic E-state index is 4.57. The van der Waals surface area contributed by atoms with Crippen LogP contribution in [0.25, 0.3) is 0 Å². The molecule has 0 atom stereocenters. The van der Waals surface area contributed by atoms with E-state index < -0.39 is 0 Å². The highest BCUT2D eigenvalue weighted by molar-refractivity contribution is 7.78. The number of anilines is 1. The van der Waals surface area contributed by atoms with Crippen molar-refractivity contribution < 1.29 is 0 Å². The lowest BCUT2D eigenvalue weighted by Gasteiger charge is -2.30. The average molecular weight is 247 g/mol. The summed E-state index contributed by atoms with van der Waals surface area (Å²) >= 11 is 4.57. The fourth-order valence-electron chi connectivity index (χ4n) is 2.07. The third-order valence-corrected chi connectivity index (χ3v) is 3.22. The van der Waals surface area contributed by atoms with Crippen LogP contribution in [0.1, 0.15) is 12.8 Å². The van der Waals surface area contributed by atoms with E-state index in [-0.39, 0.29) is 0 Å². The Hall–Kier alpha value is -1.22. The molecule has 90 valence electrons. The Morgan fingerprint density at radius 2 is 1.94 bits per heavy atom. The minimum atomic E-state index is 0.589. The number of nitrogens with one attached hydrogen (secondary N) is 1. The van der Waals surface area contributed by atoms with Gasteiger partial charge >= 0.3 is 0 Å². The summed E-state index contributed by atoms with van der Waals surface area (Å²) in [4.78, 5) is 6.31. The summed E-state index contributed by atoms with van der Waals surface area (Å²) in [6.07, 6.45) is 2.41. The average Bonchev–Trinajstić information content (AvgIpc) is 2.35. The van der Waals surface area contributed by atoms with Crippen LogP contribution in [0.3, 0.4) is 0 Å². The zero-order valence-corrected chi connectivity index (χ0v) is 10.8. The van der Waals surface area contributed by atoms with Gasteiger partial charge in [0.05, 0.1) is 10.8 Å². The van der Waals surface area contributed by atoms with Crippen LogP contribution in [-0.2, 0) is 0 Å². The predicted molar refractivity (Wildman–Crippen MR) is 75.3 cm³/mol. The van der Waals surface area contributed by atoms with E-state index >= 15 is 0 Å². The van der Waals surface area contributed by atoms with Crippen LogP contribution >= 0.6 is 12.2 Å². The van der Waals surface area contributed by atoms with Crippen molar-refractivity contribution in [2.45, 2.75) is 18.9 Å². The molecule has 1 aromatic carbocycles. The molecular weight excluding hydrogens is 230 g/mol. The van der Waals surface area contributed by atoms with E-state index in [1.165, 1.54) is 25.9 Å². The first-order chi connectivity index (χ1) is 8.28. The Morgan fingerprint density at radius 3 is 2.53 bits per heavy atom. The van der Waals surface area contributed by atoms with Gasteiger partial charge in [-0.05, 0) is 69.5 Å². The standard InChI is InChI=1S/C13H17N3S/c1-16-8-6-13(7-9-16)15-12-4-2-11(3-5-12)14-10-17/h2-5,13,15H,6-9H2,1H3. The Balaban J connectivity index is 1.92. The third kappa shape index (κ3) is 3.63. The van der Waals surface area contributed by atoms with Crippen LogP contribution in [-0.4, -0.2) is 36.2 Å². The summed E-state index contributed by atoms with van der Waals surface area (Å²) in [7, 11) is 2.17. The zero-order chi connectivity index (χ0) is 12.1.